The second-order valence-corrected chi connectivity index (χ2v) is 7.27. The molecule has 130 valence electrons. The molecule has 2 atom stereocenters. The largest absolute Gasteiger partial charge is 0.355 e. The fourth-order valence-electron chi connectivity index (χ4n) is 3.24. The van der Waals surface area contributed by atoms with Crippen molar-refractivity contribution in [2.45, 2.75) is 64.3 Å². The fourth-order valence-corrected chi connectivity index (χ4v) is 3.24. The maximum absolute atomic E-state index is 12.2. The summed E-state index contributed by atoms with van der Waals surface area (Å²) in [5.74, 6) is 0.507. The smallest absolute Gasteiger partial charge is 0.220 e. The van der Waals surface area contributed by atoms with E-state index >= 15 is 0 Å². The number of aryl methyl sites for hydroxylation is 1. The molecular weight excluding hydrogens is 308 g/mol. The van der Waals surface area contributed by atoms with Crippen LogP contribution in [-0.2, 0) is 16.6 Å². The van der Waals surface area contributed by atoms with Crippen molar-refractivity contribution in [2.24, 2.45) is 11.7 Å². The highest BCUT2D eigenvalue weighted by Gasteiger charge is 2.27. The van der Waals surface area contributed by atoms with E-state index in [-0.39, 0.29) is 29.8 Å². The predicted molar refractivity (Wildman–Crippen MR) is 99.0 cm³/mol. The van der Waals surface area contributed by atoms with Gasteiger partial charge >= 0.3 is 0 Å². The Morgan fingerprint density at radius 1 is 1.26 bits per heavy atom. The molecule has 1 saturated carbocycles. The molecule has 0 unspecified atom stereocenters. The Hall–Kier alpha value is -1.06. The minimum Gasteiger partial charge on any atom is -0.355 e. The summed E-state index contributed by atoms with van der Waals surface area (Å²) < 4.78 is 0. The molecule has 0 heterocycles. The van der Waals surface area contributed by atoms with Crippen molar-refractivity contribution in [1.29, 1.82) is 0 Å². The molecule has 1 aliphatic carbocycles. The number of hydrogen-bond donors (Lipinski definition) is 2. The minimum atomic E-state index is -0.0558. The lowest BCUT2D eigenvalue weighted by Gasteiger charge is -2.26. The summed E-state index contributed by atoms with van der Waals surface area (Å²) in [6.45, 7) is 7.18. The molecule has 23 heavy (non-hydrogen) atoms. The van der Waals surface area contributed by atoms with Crippen molar-refractivity contribution in [3.05, 3.63) is 35.4 Å². The number of benzene rings is 1. The molecule has 0 bridgehead atoms. The van der Waals surface area contributed by atoms with E-state index in [1.165, 1.54) is 11.1 Å². The first-order chi connectivity index (χ1) is 10.4. The summed E-state index contributed by atoms with van der Waals surface area (Å²) in [7, 11) is 0. The van der Waals surface area contributed by atoms with Crippen LogP contribution in [0.1, 0.15) is 57.6 Å². The van der Waals surface area contributed by atoms with Crippen molar-refractivity contribution in [1.82, 2.24) is 5.32 Å². The number of halogens is 1. The van der Waals surface area contributed by atoms with Crippen molar-refractivity contribution in [3.63, 3.8) is 0 Å². The zero-order valence-corrected chi connectivity index (χ0v) is 15.4. The topological polar surface area (TPSA) is 55.1 Å². The Kier molecular flexibility index (Phi) is 7.56. The second-order valence-electron chi connectivity index (χ2n) is 7.27. The summed E-state index contributed by atoms with van der Waals surface area (Å²) in [6, 6.07) is 8.92. The predicted octanol–water partition coefficient (Wildman–Crippen LogP) is 3.58. The Morgan fingerprint density at radius 2 is 1.91 bits per heavy atom. The van der Waals surface area contributed by atoms with Gasteiger partial charge in [-0.25, -0.2) is 0 Å². The van der Waals surface area contributed by atoms with E-state index in [1.54, 1.807) is 0 Å². The molecule has 1 aromatic carbocycles. The van der Waals surface area contributed by atoms with Gasteiger partial charge in [-0.3, -0.25) is 4.79 Å². The first-order valence-corrected chi connectivity index (χ1v) is 8.54. The molecule has 0 spiro atoms. The summed E-state index contributed by atoms with van der Waals surface area (Å²) in [5, 5.41) is 3.10. The van der Waals surface area contributed by atoms with Crippen molar-refractivity contribution >= 4 is 18.3 Å². The third-order valence-corrected chi connectivity index (χ3v) is 5.04. The molecular formula is C19H31ClN2O. The number of rotatable bonds is 6. The number of carbonyl (C=O) groups is 1. The van der Waals surface area contributed by atoms with Gasteiger partial charge in [0, 0.05) is 24.4 Å². The van der Waals surface area contributed by atoms with Gasteiger partial charge in [0.2, 0.25) is 5.91 Å². The molecule has 1 aliphatic rings. The van der Waals surface area contributed by atoms with Gasteiger partial charge in [-0.1, -0.05) is 51.5 Å². The van der Waals surface area contributed by atoms with Gasteiger partial charge in [-0.05, 0) is 36.3 Å². The van der Waals surface area contributed by atoms with Crippen LogP contribution < -0.4 is 11.1 Å². The molecule has 1 amide bonds. The van der Waals surface area contributed by atoms with Crippen LogP contribution in [0.25, 0.3) is 0 Å². The van der Waals surface area contributed by atoms with Gasteiger partial charge in [0.15, 0.2) is 0 Å². The van der Waals surface area contributed by atoms with Gasteiger partial charge in [0.1, 0.15) is 0 Å². The van der Waals surface area contributed by atoms with E-state index < -0.39 is 0 Å². The molecule has 0 radical (unpaired) electrons. The lowest BCUT2D eigenvalue weighted by atomic mass is 9.84. The van der Waals surface area contributed by atoms with E-state index in [0.29, 0.717) is 18.9 Å². The van der Waals surface area contributed by atoms with E-state index in [0.717, 1.165) is 25.7 Å². The summed E-state index contributed by atoms with van der Waals surface area (Å²) in [4.78, 5) is 12.2. The Labute approximate surface area is 146 Å². The number of nitrogens with two attached hydrogens (primary N) is 1. The zero-order chi connectivity index (χ0) is 16.2. The number of amides is 1. The number of hydrogen-bond acceptors (Lipinski definition) is 2. The Balaban J connectivity index is 0.00000264. The standard InChI is InChI=1S/C19H30N2O.ClH/c1-4-14-8-10-16(11-9-14)19(2,3)13-21-18(22)12-15-6-5-7-17(15)20;/h8-11,15,17H,4-7,12-13,20H2,1-3H3,(H,21,22);1H/t15-,17+;/m0./s1. The SMILES string of the molecule is CCc1ccc(C(C)(C)CNC(=O)C[C@@H]2CCC[C@H]2N)cc1.Cl. The normalized spacial score (nSPS) is 20.9. The summed E-state index contributed by atoms with van der Waals surface area (Å²) >= 11 is 0. The van der Waals surface area contributed by atoms with Crippen LogP contribution in [0, 0.1) is 5.92 Å². The lowest BCUT2D eigenvalue weighted by Crippen LogP contribution is -2.38. The van der Waals surface area contributed by atoms with Gasteiger partial charge in [0.05, 0.1) is 0 Å². The Morgan fingerprint density at radius 3 is 2.43 bits per heavy atom. The number of carbonyl (C=O) groups excluding carboxylic acids is 1. The average Bonchev–Trinajstić information content (AvgIpc) is 2.90. The van der Waals surface area contributed by atoms with Crippen molar-refractivity contribution in [3.8, 4) is 0 Å². The summed E-state index contributed by atoms with van der Waals surface area (Å²) in [6.07, 6.45) is 4.95. The number of nitrogens with one attached hydrogen (secondary N) is 1. The van der Waals surface area contributed by atoms with Gasteiger partial charge < -0.3 is 11.1 Å². The molecule has 4 heteroatoms. The van der Waals surface area contributed by atoms with Crippen LogP contribution in [0.4, 0.5) is 0 Å². The maximum Gasteiger partial charge on any atom is 0.220 e. The van der Waals surface area contributed by atoms with E-state index in [9.17, 15) is 4.79 Å². The highest BCUT2D eigenvalue weighted by atomic mass is 35.5. The molecule has 1 aromatic rings. The van der Waals surface area contributed by atoms with Crippen LogP contribution in [0.3, 0.4) is 0 Å². The van der Waals surface area contributed by atoms with Gasteiger partial charge in [-0.2, -0.15) is 0 Å². The van der Waals surface area contributed by atoms with Crippen LogP contribution in [0.2, 0.25) is 0 Å². The first kappa shape index (κ1) is 20.0. The first-order valence-electron chi connectivity index (χ1n) is 8.54. The molecule has 0 aliphatic heterocycles. The van der Waals surface area contributed by atoms with Crippen LogP contribution in [0.15, 0.2) is 24.3 Å². The molecule has 1 fully saturated rings. The van der Waals surface area contributed by atoms with E-state index in [1.807, 2.05) is 0 Å². The lowest BCUT2D eigenvalue weighted by molar-refractivity contribution is -0.122. The van der Waals surface area contributed by atoms with Gasteiger partial charge in [-0.15, -0.1) is 12.4 Å². The molecule has 2 rings (SSSR count). The molecule has 3 N–H and O–H groups in total. The second kappa shape index (κ2) is 8.70. The monoisotopic (exact) mass is 338 g/mol. The van der Waals surface area contributed by atoms with Crippen LogP contribution >= 0.6 is 12.4 Å². The molecule has 0 aromatic heterocycles. The Bertz CT molecular complexity index is 499. The fraction of sp³-hybridized carbons (Fsp3) is 0.632. The van der Waals surface area contributed by atoms with Crippen LogP contribution in [-0.4, -0.2) is 18.5 Å². The van der Waals surface area contributed by atoms with Gasteiger partial charge in [0.25, 0.3) is 0 Å². The van der Waals surface area contributed by atoms with Crippen molar-refractivity contribution in [2.75, 3.05) is 6.54 Å². The quantitative estimate of drug-likeness (QED) is 0.833. The van der Waals surface area contributed by atoms with E-state index in [2.05, 4.69) is 50.4 Å². The van der Waals surface area contributed by atoms with Crippen LogP contribution in [0.5, 0.6) is 0 Å². The van der Waals surface area contributed by atoms with E-state index in [4.69, 9.17) is 5.73 Å². The minimum absolute atomic E-state index is 0. The summed E-state index contributed by atoms with van der Waals surface area (Å²) in [5.41, 5.74) is 8.60. The zero-order valence-electron chi connectivity index (χ0n) is 14.6. The average molecular weight is 339 g/mol. The van der Waals surface area contributed by atoms with Crippen molar-refractivity contribution < 1.29 is 4.79 Å². The maximum atomic E-state index is 12.2. The third-order valence-electron chi connectivity index (χ3n) is 5.04. The molecule has 0 saturated heterocycles. The highest BCUT2D eigenvalue weighted by molar-refractivity contribution is 5.85. The third kappa shape index (κ3) is 5.50. The highest BCUT2D eigenvalue weighted by Crippen LogP contribution is 2.27. The molecule has 3 nitrogen and oxygen atoms in total.